The quantitative estimate of drug-likeness (QED) is 0.771. The topological polar surface area (TPSA) is 55.1 Å². The number of imidazole rings is 1. The highest BCUT2D eigenvalue weighted by molar-refractivity contribution is 5.70. The number of aromatic nitrogens is 2. The van der Waals surface area contributed by atoms with Crippen LogP contribution in [0.25, 0.3) is 0 Å². The number of carbonyl (C=O) groups is 1. The highest BCUT2D eigenvalue weighted by atomic mass is 16.4. The summed E-state index contributed by atoms with van der Waals surface area (Å²) in [5, 5.41) is 8.89. The van der Waals surface area contributed by atoms with Crippen LogP contribution in [0, 0.1) is 5.92 Å². The smallest absolute Gasteiger partial charge is 0.308 e. The summed E-state index contributed by atoms with van der Waals surface area (Å²) in [6.07, 6.45) is 2.43. The van der Waals surface area contributed by atoms with Crippen LogP contribution in [0.3, 0.4) is 0 Å². The lowest BCUT2D eigenvalue weighted by Crippen LogP contribution is -2.15. The van der Waals surface area contributed by atoms with Crippen LogP contribution in [0.2, 0.25) is 0 Å². The summed E-state index contributed by atoms with van der Waals surface area (Å²) >= 11 is 0. The highest BCUT2D eigenvalue weighted by Crippen LogP contribution is 2.25. The summed E-state index contributed by atoms with van der Waals surface area (Å²) in [6, 6.07) is 0. The molecule has 1 aromatic heterocycles. The van der Waals surface area contributed by atoms with E-state index in [1.807, 2.05) is 10.8 Å². The molecule has 4 nitrogen and oxygen atoms in total. The van der Waals surface area contributed by atoms with Gasteiger partial charge in [-0.1, -0.05) is 13.8 Å². The van der Waals surface area contributed by atoms with Gasteiger partial charge >= 0.3 is 5.97 Å². The first-order valence-electron chi connectivity index (χ1n) is 4.86. The maximum absolute atomic E-state index is 10.8. The van der Waals surface area contributed by atoms with Crippen LogP contribution in [0.4, 0.5) is 0 Å². The van der Waals surface area contributed by atoms with Gasteiger partial charge in [-0.3, -0.25) is 4.79 Å². The van der Waals surface area contributed by atoms with Crippen molar-refractivity contribution in [3.8, 4) is 0 Å². The number of hydrogen-bond donors (Lipinski definition) is 1. The van der Waals surface area contributed by atoms with Crippen LogP contribution in [0.15, 0.2) is 6.20 Å². The van der Waals surface area contributed by atoms with E-state index in [1.165, 1.54) is 0 Å². The lowest BCUT2D eigenvalue weighted by molar-refractivity contribution is -0.141. The molecule has 0 radical (unpaired) electrons. The summed E-state index contributed by atoms with van der Waals surface area (Å²) in [6.45, 7) is 4.77. The zero-order valence-corrected chi connectivity index (χ0v) is 8.40. The van der Waals surface area contributed by atoms with Crippen molar-refractivity contribution in [1.82, 2.24) is 9.55 Å². The molecule has 1 aliphatic rings. The first-order valence-corrected chi connectivity index (χ1v) is 4.86. The Bertz CT molecular complexity index is 368. The van der Waals surface area contributed by atoms with Gasteiger partial charge in [0.2, 0.25) is 0 Å². The van der Waals surface area contributed by atoms with Gasteiger partial charge in [0.15, 0.2) is 0 Å². The molecule has 0 bridgehead atoms. The first kappa shape index (κ1) is 9.24. The van der Waals surface area contributed by atoms with E-state index >= 15 is 0 Å². The Balaban J connectivity index is 2.28. The van der Waals surface area contributed by atoms with E-state index in [0.29, 0.717) is 18.9 Å². The Morgan fingerprint density at radius 2 is 2.43 bits per heavy atom. The summed E-state index contributed by atoms with van der Waals surface area (Å²) in [5.74, 6) is 0.325. The minimum absolute atomic E-state index is 0.281. The number of carboxylic acids is 1. The van der Waals surface area contributed by atoms with Crippen LogP contribution < -0.4 is 0 Å². The first-order chi connectivity index (χ1) is 6.59. The van der Waals surface area contributed by atoms with Gasteiger partial charge in [0.05, 0.1) is 5.92 Å². The standard InChI is InChI=1S/C10H14N2O2/c1-6(2)8-4-11-9-3-7(10(13)14)5-12(8)9/h4,6-7H,3,5H2,1-2H3,(H,13,14)/t7-/m0/s1. The van der Waals surface area contributed by atoms with Crippen LogP contribution in [-0.4, -0.2) is 20.6 Å². The van der Waals surface area contributed by atoms with Gasteiger partial charge in [0.1, 0.15) is 5.82 Å². The Morgan fingerprint density at radius 1 is 1.71 bits per heavy atom. The van der Waals surface area contributed by atoms with Gasteiger partial charge < -0.3 is 9.67 Å². The summed E-state index contributed by atoms with van der Waals surface area (Å²) in [5.41, 5.74) is 1.14. The lowest BCUT2D eigenvalue weighted by Gasteiger charge is -2.08. The minimum atomic E-state index is -0.717. The average molecular weight is 194 g/mol. The number of nitrogens with zero attached hydrogens (tertiary/aromatic N) is 2. The molecule has 0 amide bonds. The molecule has 76 valence electrons. The zero-order valence-electron chi connectivity index (χ0n) is 8.40. The fraction of sp³-hybridized carbons (Fsp3) is 0.600. The zero-order chi connectivity index (χ0) is 10.3. The Morgan fingerprint density at radius 3 is 3.00 bits per heavy atom. The highest BCUT2D eigenvalue weighted by Gasteiger charge is 2.30. The fourth-order valence-electron chi connectivity index (χ4n) is 1.93. The SMILES string of the molecule is CC(C)c1cnc2n1C[C@@H](C(=O)O)C2. The third-order valence-corrected chi connectivity index (χ3v) is 2.74. The number of fused-ring (bicyclic) bond motifs is 1. The predicted molar refractivity (Wildman–Crippen MR) is 51.1 cm³/mol. The molecule has 1 aromatic rings. The van der Waals surface area contributed by atoms with Crippen LogP contribution in [0.1, 0.15) is 31.3 Å². The van der Waals surface area contributed by atoms with Gasteiger partial charge in [-0.05, 0) is 5.92 Å². The maximum atomic E-state index is 10.8. The van der Waals surface area contributed by atoms with E-state index in [9.17, 15) is 4.79 Å². The van der Waals surface area contributed by atoms with Gasteiger partial charge in [0.25, 0.3) is 0 Å². The summed E-state index contributed by atoms with van der Waals surface area (Å²) in [4.78, 5) is 15.1. The van der Waals surface area contributed by atoms with Crippen molar-refractivity contribution in [3.63, 3.8) is 0 Å². The molecule has 2 rings (SSSR count). The number of aliphatic carboxylic acids is 1. The van der Waals surface area contributed by atoms with E-state index in [1.54, 1.807) is 0 Å². The molecular weight excluding hydrogens is 180 g/mol. The molecule has 4 heteroatoms. The van der Waals surface area contributed by atoms with E-state index in [0.717, 1.165) is 11.5 Å². The summed E-state index contributed by atoms with van der Waals surface area (Å²) in [7, 11) is 0. The van der Waals surface area contributed by atoms with E-state index in [2.05, 4.69) is 18.8 Å². The number of rotatable bonds is 2. The molecule has 2 heterocycles. The Kier molecular flexibility index (Phi) is 2.06. The second-order valence-corrected chi connectivity index (χ2v) is 4.10. The number of hydrogen-bond acceptors (Lipinski definition) is 2. The van der Waals surface area contributed by atoms with Crippen molar-refractivity contribution >= 4 is 5.97 Å². The molecule has 0 spiro atoms. The van der Waals surface area contributed by atoms with Crippen LogP contribution in [-0.2, 0) is 17.8 Å². The third kappa shape index (κ3) is 1.31. The second kappa shape index (κ2) is 3.12. The molecule has 1 atom stereocenters. The largest absolute Gasteiger partial charge is 0.481 e. The molecular formula is C10H14N2O2. The summed E-state index contributed by atoms with van der Waals surface area (Å²) < 4.78 is 2.05. The van der Waals surface area contributed by atoms with Crippen molar-refractivity contribution in [2.45, 2.75) is 32.7 Å². The molecule has 0 unspecified atom stereocenters. The normalized spacial score (nSPS) is 20.1. The Labute approximate surface area is 82.6 Å². The van der Waals surface area contributed by atoms with Gasteiger partial charge in [-0.15, -0.1) is 0 Å². The van der Waals surface area contributed by atoms with Crippen molar-refractivity contribution in [2.24, 2.45) is 5.92 Å². The third-order valence-electron chi connectivity index (χ3n) is 2.74. The van der Waals surface area contributed by atoms with Crippen molar-refractivity contribution < 1.29 is 9.90 Å². The van der Waals surface area contributed by atoms with E-state index < -0.39 is 5.97 Å². The molecule has 0 saturated carbocycles. The maximum Gasteiger partial charge on any atom is 0.308 e. The molecule has 0 fully saturated rings. The van der Waals surface area contributed by atoms with Crippen molar-refractivity contribution in [3.05, 3.63) is 17.7 Å². The van der Waals surface area contributed by atoms with Gasteiger partial charge in [-0.2, -0.15) is 0 Å². The average Bonchev–Trinajstić information content (AvgIpc) is 2.58. The number of carboxylic acid groups (broad SMARTS) is 1. The minimum Gasteiger partial charge on any atom is -0.481 e. The lowest BCUT2D eigenvalue weighted by atomic mass is 10.1. The molecule has 1 aliphatic heterocycles. The Hall–Kier alpha value is -1.32. The molecule has 0 saturated heterocycles. The fourth-order valence-corrected chi connectivity index (χ4v) is 1.93. The van der Waals surface area contributed by atoms with Gasteiger partial charge in [-0.25, -0.2) is 4.98 Å². The van der Waals surface area contributed by atoms with Crippen molar-refractivity contribution in [1.29, 1.82) is 0 Å². The molecule has 1 N–H and O–H groups in total. The molecule has 0 aliphatic carbocycles. The van der Waals surface area contributed by atoms with Gasteiger partial charge in [0, 0.05) is 24.9 Å². The van der Waals surface area contributed by atoms with Crippen LogP contribution >= 0.6 is 0 Å². The monoisotopic (exact) mass is 194 g/mol. The van der Waals surface area contributed by atoms with E-state index in [-0.39, 0.29) is 5.92 Å². The van der Waals surface area contributed by atoms with Crippen molar-refractivity contribution in [2.75, 3.05) is 0 Å². The van der Waals surface area contributed by atoms with E-state index in [4.69, 9.17) is 5.11 Å². The predicted octanol–water partition coefficient (Wildman–Crippen LogP) is 1.26. The second-order valence-electron chi connectivity index (χ2n) is 4.10. The molecule has 0 aromatic carbocycles. The molecule has 14 heavy (non-hydrogen) atoms. The van der Waals surface area contributed by atoms with Crippen LogP contribution in [0.5, 0.6) is 0 Å².